The van der Waals surface area contributed by atoms with E-state index >= 15 is 0 Å². The molecule has 0 heterocycles. The van der Waals surface area contributed by atoms with E-state index in [9.17, 15) is 9.18 Å². The molecule has 7 heteroatoms. The van der Waals surface area contributed by atoms with Crippen molar-refractivity contribution in [1.29, 1.82) is 0 Å². The van der Waals surface area contributed by atoms with Crippen LogP contribution in [0.15, 0.2) is 46.9 Å². The maximum absolute atomic E-state index is 14.1. The van der Waals surface area contributed by atoms with Crippen LogP contribution in [0, 0.1) is 5.82 Å². The molecule has 2 rings (SSSR count). The molecule has 0 aliphatic rings. The van der Waals surface area contributed by atoms with Crippen LogP contribution in [0.3, 0.4) is 0 Å². The van der Waals surface area contributed by atoms with Crippen molar-refractivity contribution in [2.45, 2.75) is 6.61 Å². The van der Waals surface area contributed by atoms with Gasteiger partial charge in [-0.3, -0.25) is 0 Å². The second-order valence-corrected chi connectivity index (χ2v) is 5.11. The summed E-state index contributed by atoms with van der Waals surface area (Å²) < 4.78 is 19.3. The van der Waals surface area contributed by atoms with E-state index in [-0.39, 0.29) is 16.6 Å². The molecule has 2 N–H and O–H groups in total. The van der Waals surface area contributed by atoms with Crippen molar-refractivity contribution >= 4 is 34.5 Å². The summed E-state index contributed by atoms with van der Waals surface area (Å²) in [5.41, 5.74) is 0.0205. The largest absolute Gasteiger partial charge is 0.492 e. The van der Waals surface area contributed by atoms with E-state index in [0.717, 1.165) is 5.56 Å². The molecule has 0 fully saturated rings. The normalized spacial score (nSPS) is 10.3. The van der Waals surface area contributed by atoms with Crippen molar-refractivity contribution in [1.82, 2.24) is 0 Å². The SMILES string of the molecule is O=C(OCc1ccccc1)c1ccc(Br)c(B(O)O)c1F. The molecule has 0 unspecified atom stereocenters. The summed E-state index contributed by atoms with van der Waals surface area (Å²) in [6, 6.07) is 11.5. The van der Waals surface area contributed by atoms with E-state index in [1.165, 1.54) is 12.1 Å². The lowest BCUT2D eigenvalue weighted by Gasteiger charge is -2.10. The Bertz CT molecular complexity index is 649. The average molecular weight is 353 g/mol. The fraction of sp³-hybridized carbons (Fsp3) is 0.0714. The van der Waals surface area contributed by atoms with Crippen LogP contribution in [0.4, 0.5) is 4.39 Å². The molecule has 0 saturated heterocycles. The molecule has 4 nitrogen and oxygen atoms in total. The summed E-state index contributed by atoms with van der Waals surface area (Å²) in [7, 11) is -2.03. The lowest BCUT2D eigenvalue weighted by atomic mass is 9.79. The van der Waals surface area contributed by atoms with Crippen molar-refractivity contribution in [2.75, 3.05) is 0 Å². The Morgan fingerprint density at radius 2 is 1.86 bits per heavy atom. The minimum atomic E-state index is -2.03. The molecule has 2 aromatic rings. The third kappa shape index (κ3) is 3.69. The first-order valence-electron chi connectivity index (χ1n) is 6.05. The molecule has 0 bridgehead atoms. The molecule has 0 amide bonds. The zero-order valence-corrected chi connectivity index (χ0v) is 12.4. The second-order valence-electron chi connectivity index (χ2n) is 4.26. The van der Waals surface area contributed by atoms with Crippen LogP contribution < -0.4 is 5.46 Å². The first-order chi connectivity index (χ1) is 10.0. The van der Waals surface area contributed by atoms with Crippen LogP contribution in [0.5, 0.6) is 0 Å². The number of hydrogen-bond donors (Lipinski definition) is 2. The second kappa shape index (κ2) is 6.84. The Hall–Kier alpha value is -1.70. The van der Waals surface area contributed by atoms with Gasteiger partial charge in [0.05, 0.1) is 5.56 Å². The smallest absolute Gasteiger partial charge is 0.457 e. The number of carbonyl (C=O) groups is 1. The Balaban J connectivity index is 2.18. The summed E-state index contributed by atoms with van der Waals surface area (Å²) in [4.78, 5) is 11.9. The molecule has 0 spiro atoms. The van der Waals surface area contributed by atoms with Gasteiger partial charge in [-0.05, 0) is 17.7 Å². The van der Waals surface area contributed by atoms with Gasteiger partial charge in [0.1, 0.15) is 12.4 Å². The van der Waals surface area contributed by atoms with E-state index in [0.29, 0.717) is 0 Å². The molecule has 108 valence electrons. The van der Waals surface area contributed by atoms with Crippen LogP contribution in [0.25, 0.3) is 0 Å². The zero-order valence-electron chi connectivity index (χ0n) is 10.8. The summed E-state index contributed by atoms with van der Waals surface area (Å²) in [5.74, 6) is -1.89. The first-order valence-corrected chi connectivity index (χ1v) is 6.85. The number of carbonyl (C=O) groups excluding carboxylic acids is 1. The molecule has 0 aliphatic carbocycles. The quantitative estimate of drug-likeness (QED) is 0.648. The first kappa shape index (κ1) is 15.7. The fourth-order valence-corrected chi connectivity index (χ4v) is 2.28. The maximum Gasteiger partial charge on any atom is 0.492 e. The number of hydrogen-bond acceptors (Lipinski definition) is 4. The topological polar surface area (TPSA) is 66.8 Å². The van der Waals surface area contributed by atoms with Gasteiger partial charge < -0.3 is 14.8 Å². The highest BCUT2D eigenvalue weighted by Gasteiger charge is 2.25. The number of ether oxygens (including phenoxy) is 1. The van der Waals surface area contributed by atoms with Crippen LogP contribution in [0.2, 0.25) is 0 Å². The van der Waals surface area contributed by atoms with Gasteiger partial charge in [0.15, 0.2) is 0 Å². The lowest BCUT2D eigenvalue weighted by molar-refractivity contribution is 0.0467. The highest BCUT2D eigenvalue weighted by atomic mass is 79.9. The van der Waals surface area contributed by atoms with Gasteiger partial charge in [0, 0.05) is 9.94 Å². The van der Waals surface area contributed by atoms with E-state index in [1.54, 1.807) is 24.3 Å². The number of esters is 1. The molecule has 0 aromatic heterocycles. The van der Waals surface area contributed by atoms with E-state index in [1.807, 2.05) is 6.07 Å². The summed E-state index contributed by atoms with van der Waals surface area (Å²) in [6.45, 7) is 0.00614. The molecule has 0 atom stereocenters. The third-order valence-electron chi connectivity index (χ3n) is 2.82. The summed E-state index contributed by atoms with van der Waals surface area (Å²) >= 11 is 2.99. The Labute approximate surface area is 129 Å². The Morgan fingerprint density at radius 3 is 2.48 bits per heavy atom. The zero-order chi connectivity index (χ0) is 15.4. The molecule has 2 aromatic carbocycles. The van der Waals surface area contributed by atoms with Gasteiger partial charge in [-0.15, -0.1) is 0 Å². The highest BCUT2D eigenvalue weighted by Crippen LogP contribution is 2.15. The van der Waals surface area contributed by atoms with Crippen LogP contribution >= 0.6 is 15.9 Å². The maximum atomic E-state index is 14.1. The van der Waals surface area contributed by atoms with Gasteiger partial charge in [-0.25, -0.2) is 9.18 Å². The Kier molecular flexibility index (Phi) is 5.11. The van der Waals surface area contributed by atoms with Crippen LogP contribution in [-0.2, 0) is 11.3 Å². The van der Waals surface area contributed by atoms with Crippen molar-refractivity contribution in [3.8, 4) is 0 Å². The minimum absolute atomic E-state index is 0.00614. The molecular formula is C14H11BBrFO4. The molecule has 0 saturated carbocycles. The number of rotatable bonds is 4. The lowest BCUT2D eigenvalue weighted by Crippen LogP contribution is -2.35. The number of benzene rings is 2. The van der Waals surface area contributed by atoms with E-state index < -0.39 is 24.4 Å². The standard InChI is InChI=1S/C14H11BBrFO4/c16-11-7-6-10(13(17)12(11)15(19)20)14(18)21-8-9-4-2-1-3-5-9/h1-7,19-20H,8H2. The molecule has 0 radical (unpaired) electrons. The summed E-state index contributed by atoms with van der Waals surface area (Å²) in [6.07, 6.45) is 0. The molecule has 0 aliphatic heterocycles. The predicted molar refractivity (Wildman–Crippen MR) is 79.5 cm³/mol. The molecular weight excluding hydrogens is 342 g/mol. The third-order valence-corrected chi connectivity index (χ3v) is 3.51. The van der Waals surface area contributed by atoms with Gasteiger partial charge in [0.25, 0.3) is 0 Å². The average Bonchev–Trinajstić information content (AvgIpc) is 2.45. The van der Waals surface area contributed by atoms with Gasteiger partial charge in [0.2, 0.25) is 0 Å². The van der Waals surface area contributed by atoms with Gasteiger partial charge >= 0.3 is 13.1 Å². The molecule has 21 heavy (non-hydrogen) atoms. The van der Waals surface area contributed by atoms with Crippen LogP contribution in [0.1, 0.15) is 15.9 Å². The minimum Gasteiger partial charge on any atom is -0.457 e. The Morgan fingerprint density at radius 1 is 1.19 bits per heavy atom. The van der Waals surface area contributed by atoms with Crippen molar-refractivity contribution in [3.63, 3.8) is 0 Å². The van der Waals surface area contributed by atoms with E-state index in [2.05, 4.69) is 15.9 Å². The summed E-state index contributed by atoms with van der Waals surface area (Å²) in [5, 5.41) is 18.3. The van der Waals surface area contributed by atoms with Gasteiger partial charge in [-0.2, -0.15) is 0 Å². The predicted octanol–water partition coefficient (Wildman–Crippen LogP) is 1.62. The van der Waals surface area contributed by atoms with E-state index in [4.69, 9.17) is 14.8 Å². The van der Waals surface area contributed by atoms with Gasteiger partial charge in [-0.1, -0.05) is 46.3 Å². The fourth-order valence-electron chi connectivity index (χ4n) is 1.76. The van der Waals surface area contributed by atoms with Crippen LogP contribution in [-0.4, -0.2) is 23.1 Å². The van der Waals surface area contributed by atoms with Crippen molar-refractivity contribution in [2.24, 2.45) is 0 Å². The highest BCUT2D eigenvalue weighted by molar-refractivity contribution is 9.10. The number of halogens is 2. The monoisotopic (exact) mass is 352 g/mol. The van der Waals surface area contributed by atoms with Crippen molar-refractivity contribution < 1.29 is 24.0 Å². The van der Waals surface area contributed by atoms with Crippen molar-refractivity contribution in [3.05, 3.63) is 63.9 Å².